The fourth-order valence-corrected chi connectivity index (χ4v) is 4.24. The summed E-state index contributed by atoms with van der Waals surface area (Å²) in [6.45, 7) is 7.79. The molecule has 1 N–H and O–H groups in total. The van der Waals surface area contributed by atoms with Crippen LogP contribution in [0.4, 0.5) is 5.13 Å². The van der Waals surface area contributed by atoms with Crippen LogP contribution in [0.25, 0.3) is 11.0 Å². The lowest BCUT2D eigenvalue weighted by Crippen LogP contribution is -2.13. The van der Waals surface area contributed by atoms with Crippen LogP contribution in [0.15, 0.2) is 6.07 Å². The van der Waals surface area contributed by atoms with E-state index in [1.54, 1.807) is 17.8 Å². The lowest BCUT2D eigenvalue weighted by Gasteiger charge is -2.05. The molecule has 0 aliphatic rings. The number of thiazole rings is 1. The first kappa shape index (κ1) is 19.9. The predicted octanol–water partition coefficient (Wildman–Crippen LogP) is 3.28. The van der Waals surface area contributed by atoms with Crippen molar-refractivity contribution in [2.45, 2.75) is 34.1 Å². The van der Waals surface area contributed by atoms with Crippen LogP contribution in [-0.2, 0) is 18.2 Å². The fourth-order valence-electron chi connectivity index (χ4n) is 3.08. The minimum Gasteiger partial charge on any atom is -0.464 e. The molecular weight excluding hydrogens is 378 g/mol. The summed E-state index contributed by atoms with van der Waals surface area (Å²) in [4.78, 5) is 34.6. The van der Waals surface area contributed by atoms with E-state index in [1.807, 2.05) is 13.8 Å². The molecule has 8 nitrogen and oxygen atoms in total. The number of hydrogen-bond donors (Lipinski definition) is 1. The number of rotatable bonds is 5. The summed E-state index contributed by atoms with van der Waals surface area (Å²) in [5.74, 6) is -0.474. The smallest absolute Gasteiger partial charge is 0.357 e. The molecule has 0 aliphatic carbocycles. The molecular formula is C19H23N5O3S. The van der Waals surface area contributed by atoms with E-state index >= 15 is 0 Å². The van der Waals surface area contributed by atoms with E-state index in [2.05, 4.69) is 34.2 Å². The number of nitrogens with zero attached hydrogens (tertiary/aromatic N) is 4. The number of fused-ring (bicyclic) bond motifs is 1. The van der Waals surface area contributed by atoms with Gasteiger partial charge in [-0.2, -0.15) is 5.10 Å². The molecule has 3 aromatic heterocycles. The van der Waals surface area contributed by atoms with Gasteiger partial charge in [0.15, 0.2) is 16.5 Å². The summed E-state index contributed by atoms with van der Waals surface area (Å²) < 4.78 is 6.49. The summed E-state index contributed by atoms with van der Waals surface area (Å²) >= 11 is 1.29. The van der Waals surface area contributed by atoms with Crippen molar-refractivity contribution in [2.75, 3.05) is 12.4 Å². The zero-order chi connectivity index (χ0) is 20.6. The molecule has 0 spiro atoms. The average Bonchev–Trinajstić information content (AvgIpc) is 3.13. The second-order valence-corrected chi connectivity index (χ2v) is 8.14. The highest BCUT2D eigenvalue weighted by molar-refractivity contribution is 7.16. The Balaban J connectivity index is 1.99. The van der Waals surface area contributed by atoms with Gasteiger partial charge in [0, 0.05) is 17.6 Å². The van der Waals surface area contributed by atoms with Crippen molar-refractivity contribution in [2.24, 2.45) is 13.0 Å². The molecule has 3 aromatic rings. The number of carbonyl (C=O) groups excluding carboxylic acids is 2. The monoisotopic (exact) mass is 401 g/mol. The van der Waals surface area contributed by atoms with Gasteiger partial charge < -0.3 is 4.74 Å². The van der Waals surface area contributed by atoms with Crippen molar-refractivity contribution < 1.29 is 14.3 Å². The van der Waals surface area contributed by atoms with Crippen molar-refractivity contribution in [3.8, 4) is 0 Å². The van der Waals surface area contributed by atoms with Gasteiger partial charge in [-0.1, -0.05) is 13.8 Å². The minimum absolute atomic E-state index is 0.255. The van der Waals surface area contributed by atoms with E-state index in [9.17, 15) is 9.59 Å². The van der Waals surface area contributed by atoms with Gasteiger partial charge in [-0.05, 0) is 32.3 Å². The molecule has 3 rings (SSSR count). The molecule has 0 saturated heterocycles. The number of aryl methyl sites for hydroxylation is 3. The first-order valence-corrected chi connectivity index (χ1v) is 9.73. The highest BCUT2D eigenvalue weighted by atomic mass is 32.1. The molecule has 0 saturated carbocycles. The van der Waals surface area contributed by atoms with Gasteiger partial charge in [-0.25, -0.2) is 14.8 Å². The number of aromatic nitrogens is 4. The number of pyridine rings is 1. The summed E-state index contributed by atoms with van der Waals surface area (Å²) in [5.41, 5.74) is 2.83. The number of ether oxygens (including phenoxy) is 1. The highest BCUT2D eigenvalue weighted by Crippen LogP contribution is 2.28. The largest absolute Gasteiger partial charge is 0.464 e. The van der Waals surface area contributed by atoms with Crippen LogP contribution in [0.5, 0.6) is 0 Å². The third kappa shape index (κ3) is 3.75. The third-order valence-electron chi connectivity index (χ3n) is 4.23. The van der Waals surface area contributed by atoms with Crippen molar-refractivity contribution in [3.05, 3.63) is 33.6 Å². The third-order valence-corrected chi connectivity index (χ3v) is 5.22. The first-order valence-electron chi connectivity index (χ1n) is 8.91. The first-order chi connectivity index (χ1) is 13.2. The van der Waals surface area contributed by atoms with Crippen LogP contribution in [0.2, 0.25) is 0 Å². The van der Waals surface area contributed by atoms with E-state index in [0.29, 0.717) is 34.1 Å². The number of nitrogens with one attached hydrogen (secondary N) is 1. The van der Waals surface area contributed by atoms with E-state index in [4.69, 9.17) is 4.74 Å². The SMILES string of the molecule is COC(=O)c1nc(NC(=O)c2cc(C)nc3c2c(C)nn3C)sc1CC(C)C. The van der Waals surface area contributed by atoms with Crippen molar-refractivity contribution in [3.63, 3.8) is 0 Å². The van der Waals surface area contributed by atoms with Crippen LogP contribution in [0.1, 0.15) is 51.0 Å². The maximum absolute atomic E-state index is 13.0. The zero-order valence-electron chi connectivity index (χ0n) is 16.8. The molecule has 1 amide bonds. The Hall–Kier alpha value is -2.81. The standard InChI is InChI=1S/C19H23N5O3S/c1-9(2)7-13-15(18(26)27-6)21-19(28-13)22-17(25)12-8-10(3)20-16-14(12)11(4)23-24(16)5/h8-9H,7H2,1-6H3,(H,21,22,25). The normalized spacial score (nSPS) is 11.2. The Kier molecular flexibility index (Phi) is 5.46. The molecule has 0 aromatic carbocycles. The van der Waals surface area contributed by atoms with E-state index in [-0.39, 0.29) is 11.6 Å². The molecule has 148 valence electrons. The van der Waals surface area contributed by atoms with E-state index < -0.39 is 5.97 Å². The summed E-state index contributed by atoms with van der Waals surface area (Å²) in [6, 6.07) is 1.73. The van der Waals surface area contributed by atoms with Gasteiger partial charge in [0.05, 0.1) is 23.8 Å². The highest BCUT2D eigenvalue weighted by Gasteiger charge is 2.23. The molecule has 0 fully saturated rings. The average molecular weight is 401 g/mol. The molecule has 28 heavy (non-hydrogen) atoms. The Morgan fingerprint density at radius 2 is 2.00 bits per heavy atom. The number of anilines is 1. The lowest BCUT2D eigenvalue weighted by molar-refractivity contribution is 0.0593. The number of amides is 1. The molecule has 0 atom stereocenters. The molecule has 0 aliphatic heterocycles. The van der Waals surface area contributed by atoms with Gasteiger partial charge in [-0.3, -0.25) is 14.8 Å². The maximum atomic E-state index is 13.0. The van der Waals surface area contributed by atoms with Gasteiger partial charge in [0.2, 0.25) is 0 Å². The van der Waals surface area contributed by atoms with Crippen LogP contribution in [0.3, 0.4) is 0 Å². The zero-order valence-corrected chi connectivity index (χ0v) is 17.6. The van der Waals surface area contributed by atoms with Crippen LogP contribution in [0, 0.1) is 19.8 Å². The Morgan fingerprint density at radius 3 is 2.64 bits per heavy atom. The van der Waals surface area contributed by atoms with Crippen molar-refractivity contribution in [1.82, 2.24) is 19.7 Å². The summed E-state index contributed by atoms with van der Waals surface area (Å²) in [5, 5.41) is 8.26. The summed E-state index contributed by atoms with van der Waals surface area (Å²) in [7, 11) is 3.12. The van der Waals surface area contributed by atoms with Gasteiger partial charge >= 0.3 is 5.97 Å². The Morgan fingerprint density at radius 1 is 1.29 bits per heavy atom. The van der Waals surface area contributed by atoms with E-state index in [0.717, 1.165) is 16.3 Å². The fraction of sp³-hybridized carbons (Fsp3) is 0.421. The second-order valence-electron chi connectivity index (χ2n) is 7.05. The van der Waals surface area contributed by atoms with E-state index in [1.165, 1.54) is 18.4 Å². The van der Waals surface area contributed by atoms with Crippen molar-refractivity contribution in [1.29, 1.82) is 0 Å². The molecule has 9 heteroatoms. The Bertz CT molecular complexity index is 1070. The van der Waals surface area contributed by atoms with Gasteiger partial charge in [-0.15, -0.1) is 11.3 Å². The number of esters is 1. The number of hydrogen-bond acceptors (Lipinski definition) is 7. The quantitative estimate of drug-likeness (QED) is 0.659. The molecule has 0 unspecified atom stereocenters. The Labute approximate surface area is 166 Å². The summed E-state index contributed by atoms with van der Waals surface area (Å²) in [6.07, 6.45) is 0.679. The number of carbonyl (C=O) groups is 2. The van der Waals surface area contributed by atoms with Crippen LogP contribution >= 0.6 is 11.3 Å². The topological polar surface area (TPSA) is 99.0 Å². The number of methoxy groups -OCH3 is 1. The predicted molar refractivity (Wildman–Crippen MR) is 108 cm³/mol. The van der Waals surface area contributed by atoms with Crippen LogP contribution < -0.4 is 5.32 Å². The van der Waals surface area contributed by atoms with Crippen molar-refractivity contribution >= 4 is 39.4 Å². The van der Waals surface area contributed by atoms with Crippen LogP contribution in [-0.4, -0.2) is 38.7 Å². The molecule has 3 heterocycles. The van der Waals surface area contributed by atoms with Gasteiger partial charge in [0.1, 0.15) is 0 Å². The maximum Gasteiger partial charge on any atom is 0.357 e. The molecule has 0 bridgehead atoms. The molecule has 0 radical (unpaired) electrons. The second kappa shape index (κ2) is 7.67. The lowest BCUT2D eigenvalue weighted by atomic mass is 10.1. The minimum atomic E-state index is -0.502. The van der Waals surface area contributed by atoms with Gasteiger partial charge in [0.25, 0.3) is 5.91 Å².